The molecule has 1 aromatic rings. The number of urea groups is 1. The molecular formula is C21H33N3O2S. The zero-order chi connectivity index (χ0) is 20.2. The lowest BCUT2D eigenvalue weighted by molar-refractivity contribution is -0.128. The Morgan fingerprint density at radius 1 is 1.30 bits per heavy atom. The van der Waals surface area contributed by atoms with Crippen LogP contribution in [0.4, 0.5) is 4.79 Å². The lowest BCUT2D eigenvalue weighted by Crippen LogP contribution is -2.42. The van der Waals surface area contributed by atoms with E-state index >= 15 is 0 Å². The number of benzene rings is 1. The summed E-state index contributed by atoms with van der Waals surface area (Å²) in [6.07, 6.45) is 0.769. The molecular weight excluding hydrogens is 358 g/mol. The molecule has 1 saturated heterocycles. The minimum atomic E-state index is -0.0681. The fourth-order valence-electron chi connectivity index (χ4n) is 3.06. The van der Waals surface area contributed by atoms with Gasteiger partial charge in [-0.1, -0.05) is 45.0 Å². The maximum Gasteiger partial charge on any atom is 0.317 e. The van der Waals surface area contributed by atoms with Crippen molar-refractivity contribution < 1.29 is 9.59 Å². The van der Waals surface area contributed by atoms with Crippen molar-refractivity contribution in [3.05, 3.63) is 35.4 Å². The van der Waals surface area contributed by atoms with Crippen molar-refractivity contribution in [1.29, 1.82) is 0 Å². The molecule has 3 amide bonds. The molecule has 1 atom stereocenters. The molecule has 1 fully saturated rings. The van der Waals surface area contributed by atoms with Crippen molar-refractivity contribution >= 4 is 23.7 Å². The van der Waals surface area contributed by atoms with Gasteiger partial charge in [0.25, 0.3) is 0 Å². The van der Waals surface area contributed by atoms with Crippen LogP contribution in [0.2, 0.25) is 0 Å². The predicted molar refractivity (Wildman–Crippen MR) is 113 cm³/mol. The number of nitrogens with zero attached hydrogens (tertiary/aromatic N) is 2. The van der Waals surface area contributed by atoms with E-state index in [1.807, 2.05) is 18.7 Å². The van der Waals surface area contributed by atoms with Crippen LogP contribution in [0, 0.1) is 0 Å². The van der Waals surface area contributed by atoms with Crippen molar-refractivity contribution in [1.82, 2.24) is 15.1 Å². The smallest absolute Gasteiger partial charge is 0.317 e. The Morgan fingerprint density at radius 2 is 1.93 bits per heavy atom. The van der Waals surface area contributed by atoms with E-state index in [2.05, 4.69) is 50.4 Å². The van der Waals surface area contributed by atoms with Gasteiger partial charge in [0.2, 0.25) is 5.91 Å². The molecule has 6 heteroatoms. The first-order valence-corrected chi connectivity index (χ1v) is 10.7. The summed E-state index contributed by atoms with van der Waals surface area (Å²) in [7, 11) is 1.79. The summed E-state index contributed by atoms with van der Waals surface area (Å²) in [6, 6.07) is 8.68. The molecule has 0 bridgehead atoms. The number of hydrogen-bond donors (Lipinski definition) is 1. The van der Waals surface area contributed by atoms with Gasteiger partial charge in [-0.05, 0) is 36.8 Å². The zero-order valence-electron chi connectivity index (χ0n) is 17.4. The fourth-order valence-corrected chi connectivity index (χ4v) is 4.28. The molecule has 1 aromatic carbocycles. The van der Waals surface area contributed by atoms with Crippen molar-refractivity contribution in [2.45, 2.75) is 57.9 Å². The summed E-state index contributed by atoms with van der Waals surface area (Å²) in [5.74, 6) is 0.703. The summed E-state index contributed by atoms with van der Waals surface area (Å²) in [5.41, 5.74) is 2.59. The van der Waals surface area contributed by atoms with Gasteiger partial charge in [-0.2, -0.15) is 0 Å². The summed E-state index contributed by atoms with van der Waals surface area (Å²) in [4.78, 5) is 28.0. The van der Waals surface area contributed by atoms with E-state index in [4.69, 9.17) is 0 Å². The van der Waals surface area contributed by atoms with Crippen LogP contribution >= 0.6 is 11.8 Å². The average molecular weight is 392 g/mol. The number of carbonyl (C=O) groups is 2. The van der Waals surface area contributed by atoms with Crippen molar-refractivity contribution in [2.24, 2.45) is 0 Å². The van der Waals surface area contributed by atoms with Gasteiger partial charge in [0, 0.05) is 26.2 Å². The summed E-state index contributed by atoms with van der Waals surface area (Å²) in [6.45, 7) is 11.8. The molecule has 27 heavy (non-hydrogen) atoms. The van der Waals surface area contributed by atoms with Gasteiger partial charge in [0.1, 0.15) is 5.37 Å². The van der Waals surface area contributed by atoms with Crippen molar-refractivity contribution in [3.63, 3.8) is 0 Å². The summed E-state index contributed by atoms with van der Waals surface area (Å²) in [5, 5.41) is 2.95. The Hall–Kier alpha value is -1.69. The molecule has 0 aromatic heterocycles. The number of amides is 3. The summed E-state index contributed by atoms with van der Waals surface area (Å²) < 4.78 is 0. The topological polar surface area (TPSA) is 52.7 Å². The largest absolute Gasteiger partial charge is 0.336 e. The zero-order valence-corrected chi connectivity index (χ0v) is 18.2. The second-order valence-corrected chi connectivity index (χ2v) is 9.57. The number of hydrogen-bond acceptors (Lipinski definition) is 3. The van der Waals surface area contributed by atoms with Crippen molar-refractivity contribution in [2.75, 3.05) is 25.9 Å². The van der Waals surface area contributed by atoms with Gasteiger partial charge in [-0.25, -0.2) is 4.79 Å². The highest BCUT2D eigenvalue weighted by Gasteiger charge is 2.32. The Labute approximate surface area is 167 Å². The molecule has 0 aliphatic carbocycles. The number of nitrogens with one attached hydrogen (secondary N) is 1. The molecule has 1 aliphatic heterocycles. The maximum absolute atomic E-state index is 12.4. The Balaban J connectivity index is 1.95. The molecule has 5 nitrogen and oxygen atoms in total. The van der Waals surface area contributed by atoms with Crippen molar-refractivity contribution in [3.8, 4) is 0 Å². The fraction of sp³-hybridized carbons (Fsp3) is 0.619. The van der Waals surface area contributed by atoms with Crippen LogP contribution in [0.5, 0.6) is 0 Å². The average Bonchev–Trinajstić information content (AvgIpc) is 2.94. The third kappa shape index (κ3) is 5.89. The van der Waals surface area contributed by atoms with Gasteiger partial charge < -0.3 is 15.1 Å². The lowest BCUT2D eigenvalue weighted by Gasteiger charge is -2.27. The number of rotatable bonds is 6. The van der Waals surface area contributed by atoms with Gasteiger partial charge in [-0.15, -0.1) is 11.8 Å². The molecule has 0 saturated carbocycles. The van der Waals surface area contributed by atoms with E-state index in [0.29, 0.717) is 18.8 Å². The molecule has 0 unspecified atom stereocenters. The predicted octanol–water partition coefficient (Wildman–Crippen LogP) is 4.00. The normalized spacial score (nSPS) is 17.5. The Bertz CT molecular complexity index is 652. The van der Waals surface area contributed by atoms with Crippen LogP contribution < -0.4 is 5.32 Å². The third-order valence-corrected chi connectivity index (χ3v) is 5.94. The van der Waals surface area contributed by atoms with Gasteiger partial charge >= 0.3 is 6.03 Å². The van der Waals surface area contributed by atoms with Crippen LogP contribution in [0.1, 0.15) is 57.5 Å². The number of carbonyl (C=O) groups excluding carboxylic acids is 2. The molecule has 0 spiro atoms. The number of thioether (sulfide) groups is 1. The minimum Gasteiger partial charge on any atom is -0.336 e. The van der Waals surface area contributed by atoms with E-state index in [9.17, 15) is 9.59 Å². The second kappa shape index (κ2) is 9.00. The molecule has 1 heterocycles. The lowest BCUT2D eigenvalue weighted by atomic mass is 9.86. The molecule has 1 N–H and O–H groups in total. The third-order valence-electron chi connectivity index (χ3n) is 4.68. The first kappa shape index (κ1) is 21.6. The van der Waals surface area contributed by atoms with E-state index < -0.39 is 0 Å². The Kier molecular flexibility index (Phi) is 7.20. The highest BCUT2D eigenvalue weighted by Crippen LogP contribution is 2.39. The van der Waals surface area contributed by atoms with Crippen LogP contribution in [-0.2, 0) is 10.2 Å². The first-order valence-electron chi connectivity index (χ1n) is 9.62. The van der Waals surface area contributed by atoms with Gasteiger partial charge in [-0.3, -0.25) is 4.79 Å². The van der Waals surface area contributed by atoms with E-state index in [1.54, 1.807) is 23.7 Å². The van der Waals surface area contributed by atoms with Crippen LogP contribution in [0.25, 0.3) is 0 Å². The quantitative estimate of drug-likeness (QED) is 0.797. The van der Waals surface area contributed by atoms with Crippen LogP contribution in [0.3, 0.4) is 0 Å². The van der Waals surface area contributed by atoms with Crippen LogP contribution in [0.15, 0.2) is 24.3 Å². The van der Waals surface area contributed by atoms with E-state index in [-0.39, 0.29) is 28.8 Å². The first-order chi connectivity index (χ1) is 12.6. The summed E-state index contributed by atoms with van der Waals surface area (Å²) >= 11 is 1.68. The molecule has 2 rings (SSSR count). The SMILES string of the molecule is CC(C)NC(=O)N(C)CCCN1C(=O)CS[C@@H]1c1ccc(C(C)(C)C)cc1. The monoisotopic (exact) mass is 391 g/mol. The van der Waals surface area contributed by atoms with Gasteiger partial charge in [0.15, 0.2) is 0 Å². The highest BCUT2D eigenvalue weighted by molar-refractivity contribution is 8.00. The highest BCUT2D eigenvalue weighted by atomic mass is 32.2. The van der Waals surface area contributed by atoms with E-state index in [1.165, 1.54) is 11.1 Å². The van der Waals surface area contributed by atoms with Gasteiger partial charge in [0.05, 0.1) is 5.75 Å². The molecule has 1 aliphatic rings. The van der Waals surface area contributed by atoms with Crippen LogP contribution in [-0.4, -0.2) is 53.7 Å². The molecule has 150 valence electrons. The van der Waals surface area contributed by atoms with E-state index in [0.717, 1.165) is 6.42 Å². The standard InChI is InChI=1S/C21H33N3O2S/c1-15(2)22-20(26)23(6)12-7-13-24-18(25)14-27-19(24)16-8-10-17(11-9-16)21(3,4)5/h8-11,15,19H,7,12-14H2,1-6H3,(H,22,26)/t19-/m1/s1. The Morgan fingerprint density at radius 3 is 2.48 bits per heavy atom. The minimum absolute atomic E-state index is 0.0681. The maximum atomic E-state index is 12.4. The second-order valence-electron chi connectivity index (χ2n) is 8.50. The molecule has 0 radical (unpaired) electrons.